The molecule has 0 spiro atoms. The van der Waals surface area contributed by atoms with Crippen molar-refractivity contribution in [3.8, 4) is 16.8 Å². The Bertz CT molecular complexity index is 1430. The van der Waals surface area contributed by atoms with Crippen molar-refractivity contribution in [2.75, 3.05) is 12.4 Å². The zero-order valence-electron chi connectivity index (χ0n) is 20.5. The van der Waals surface area contributed by atoms with Crippen LogP contribution in [0, 0.1) is 0 Å². The van der Waals surface area contributed by atoms with Crippen molar-refractivity contribution in [2.24, 2.45) is 0 Å². The smallest absolute Gasteiger partial charge is 0.413 e. The number of nitrogens with zero attached hydrogens (tertiary/aromatic N) is 2. The number of rotatable bonds is 7. The number of carbonyl (C=O) groups excluding carboxylic acids is 2. The van der Waals surface area contributed by atoms with Gasteiger partial charge in [0.15, 0.2) is 5.82 Å². The third-order valence-electron chi connectivity index (χ3n) is 6.68. The minimum atomic E-state index is -0.614. The van der Waals surface area contributed by atoms with Crippen molar-refractivity contribution in [1.29, 1.82) is 0 Å². The fourth-order valence-corrected chi connectivity index (χ4v) is 4.71. The molecule has 8 heteroatoms. The van der Waals surface area contributed by atoms with Gasteiger partial charge in [-0.2, -0.15) is 0 Å². The van der Waals surface area contributed by atoms with Gasteiger partial charge in [-0.15, -0.1) is 5.10 Å². The fraction of sp³-hybridized carbons (Fsp3) is 0.207. The number of ether oxygens (including phenoxy) is 2. The second kappa shape index (κ2) is 10.1. The van der Waals surface area contributed by atoms with Gasteiger partial charge in [0.2, 0.25) is 0 Å². The predicted octanol–water partition coefficient (Wildman–Crippen LogP) is 6.71. The number of halogens is 1. The van der Waals surface area contributed by atoms with E-state index in [1.54, 1.807) is 29.9 Å². The summed E-state index contributed by atoms with van der Waals surface area (Å²) in [5.74, 6) is 0.205. The Morgan fingerprint density at radius 1 is 0.973 bits per heavy atom. The number of aromatic nitrogens is 2. The second-order valence-corrected chi connectivity index (χ2v) is 9.44. The van der Waals surface area contributed by atoms with Crippen molar-refractivity contribution >= 4 is 29.5 Å². The summed E-state index contributed by atoms with van der Waals surface area (Å²) >= 11 is 6.18. The molecule has 4 aromatic rings. The molecule has 1 N–H and O–H groups in total. The van der Waals surface area contributed by atoms with E-state index >= 15 is 0 Å². The van der Waals surface area contributed by atoms with Crippen LogP contribution in [0.4, 0.5) is 10.6 Å². The molecule has 0 radical (unpaired) electrons. The van der Waals surface area contributed by atoms with Crippen molar-refractivity contribution in [1.82, 2.24) is 9.78 Å². The minimum Gasteiger partial charge on any atom is -0.468 e. The van der Waals surface area contributed by atoms with E-state index in [9.17, 15) is 9.59 Å². The highest BCUT2D eigenvalue weighted by Gasteiger charge is 2.52. The molecule has 1 saturated carbocycles. The molecule has 1 aliphatic carbocycles. The molecule has 1 aliphatic rings. The van der Waals surface area contributed by atoms with Gasteiger partial charge in [0.1, 0.15) is 6.10 Å². The molecule has 0 aliphatic heterocycles. The molecule has 188 valence electrons. The lowest BCUT2D eigenvalue weighted by atomic mass is 9.94. The number of benzene rings is 3. The summed E-state index contributed by atoms with van der Waals surface area (Å²) < 4.78 is 12.1. The van der Waals surface area contributed by atoms with E-state index in [1.165, 1.54) is 7.11 Å². The van der Waals surface area contributed by atoms with E-state index in [1.807, 2.05) is 66.7 Å². The normalized spacial score (nSPS) is 14.5. The van der Waals surface area contributed by atoms with Crippen molar-refractivity contribution in [3.63, 3.8) is 0 Å². The molecule has 5 rings (SSSR count). The van der Waals surface area contributed by atoms with Gasteiger partial charge in [-0.05, 0) is 54.7 Å². The molecule has 1 heterocycles. The Hall–Kier alpha value is -4.10. The molecule has 0 bridgehead atoms. The summed E-state index contributed by atoms with van der Waals surface area (Å²) in [7, 11) is 1.44. The van der Waals surface area contributed by atoms with E-state index in [-0.39, 0.29) is 5.97 Å². The lowest BCUT2D eigenvalue weighted by Gasteiger charge is -2.14. The van der Waals surface area contributed by atoms with Crippen LogP contribution >= 0.6 is 11.6 Å². The van der Waals surface area contributed by atoms with Crippen LogP contribution in [0.15, 0.2) is 85.1 Å². The maximum Gasteiger partial charge on any atom is 0.413 e. The lowest BCUT2D eigenvalue weighted by Crippen LogP contribution is -2.21. The molecule has 7 nitrogen and oxygen atoms in total. The maximum atomic E-state index is 12.3. The summed E-state index contributed by atoms with van der Waals surface area (Å²) in [6.07, 6.45) is 2.29. The standard InChI is InChI=1S/C29H26ClN3O4/c1-19(24-5-3-4-6-25(24)30)37-28(35)31-26-15-18-33(32-26)23-13-9-21(10-14-23)20-7-11-22(12-8-20)29(16-17-29)27(34)36-2/h3-15,18-19H,16-17H2,1-2H3,(H,31,32,35)/t19-/m1/s1. The number of carbonyl (C=O) groups is 2. The molecule has 0 saturated heterocycles. The Labute approximate surface area is 220 Å². The highest BCUT2D eigenvalue weighted by molar-refractivity contribution is 6.31. The van der Waals surface area contributed by atoms with Gasteiger partial charge in [0.25, 0.3) is 0 Å². The van der Waals surface area contributed by atoms with Gasteiger partial charge in [-0.3, -0.25) is 10.1 Å². The van der Waals surface area contributed by atoms with E-state index in [0.29, 0.717) is 10.8 Å². The van der Waals surface area contributed by atoms with Gasteiger partial charge in [0.05, 0.1) is 18.2 Å². The van der Waals surface area contributed by atoms with Crippen LogP contribution in [0.2, 0.25) is 5.02 Å². The van der Waals surface area contributed by atoms with Crippen LogP contribution in [-0.4, -0.2) is 29.0 Å². The van der Waals surface area contributed by atoms with Gasteiger partial charge in [0, 0.05) is 22.8 Å². The summed E-state index contributed by atoms with van der Waals surface area (Å²) in [6.45, 7) is 1.76. The van der Waals surface area contributed by atoms with Crippen LogP contribution in [0.1, 0.15) is 37.0 Å². The Balaban J connectivity index is 1.22. The number of methoxy groups -OCH3 is 1. The fourth-order valence-electron chi connectivity index (χ4n) is 4.42. The first kappa shape index (κ1) is 24.6. The molecule has 3 aromatic carbocycles. The number of hydrogen-bond donors (Lipinski definition) is 1. The summed E-state index contributed by atoms with van der Waals surface area (Å²) in [5, 5.41) is 7.62. The number of amides is 1. The van der Waals surface area contributed by atoms with Gasteiger partial charge in [-0.1, -0.05) is 66.2 Å². The van der Waals surface area contributed by atoms with Crippen LogP contribution in [0.25, 0.3) is 16.8 Å². The number of anilines is 1. The molecule has 0 unspecified atom stereocenters. The first-order valence-electron chi connectivity index (χ1n) is 12.0. The van der Waals surface area contributed by atoms with E-state index < -0.39 is 17.6 Å². The maximum absolute atomic E-state index is 12.3. The van der Waals surface area contributed by atoms with Crippen LogP contribution in [0.3, 0.4) is 0 Å². The van der Waals surface area contributed by atoms with Crippen molar-refractivity contribution in [3.05, 3.63) is 101 Å². The first-order valence-corrected chi connectivity index (χ1v) is 12.3. The average molecular weight is 516 g/mol. The Morgan fingerprint density at radius 2 is 1.62 bits per heavy atom. The van der Waals surface area contributed by atoms with Gasteiger partial charge >= 0.3 is 12.1 Å². The average Bonchev–Trinajstić information content (AvgIpc) is 3.61. The number of hydrogen-bond acceptors (Lipinski definition) is 5. The number of esters is 1. The SMILES string of the molecule is COC(=O)C1(c2ccc(-c3ccc(-n4ccc(NC(=O)O[C@H](C)c5ccccc5Cl)n4)cc3)cc2)CC1. The quantitative estimate of drug-likeness (QED) is 0.277. The minimum absolute atomic E-state index is 0.166. The van der Waals surface area contributed by atoms with Crippen LogP contribution in [0.5, 0.6) is 0 Å². The monoisotopic (exact) mass is 515 g/mol. The van der Waals surface area contributed by atoms with Crippen molar-refractivity contribution in [2.45, 2.75) is 31.3 Å². The molecule has 1 amide bonds. The van der Waals surface area contributed by atoms with E-state index in [4.69, 9.17) is 21.1 Å². The molecule has 1 atom stereocenters. The molecular weight excluding hydrogens is 490 g/mol. The van der Waals surface area contributed by atoms with Crippen LogP contribution in [-0.2, 0) is 19.7 Å². The summed E-state index contributed by atoms with van der Waals surface area (Å²) in [6, 6.07) is 24.9. The second-order valence-electron chi connectivity index (χ2n) is 9.04. The van der Waals surface area contributed by atoms with Gasteiger partial charge in [-0.25, -0.2) is 9.48 Å². The van der Waals surface area contributed by atoms with E-state index in [0.717, 1.165) is 40.8 Å². The summed E-state index contributed by atoms with van der Waals surface area (Å²) in [4.78, 5) is 24.5. The largest absolute Gasteiger partial charge is 0.468 e. The third-order valence-corrected chi connectivity index (χ3v) is 7.02. The third kappa shape index (κ3) is 5.08. The molecule has 1 fully saturated rings. The number of nitrogens with one attached hydrogen (secondary N) is 1. The topological polar surface area (TPSA) is 82.5 Å². The lowest BCUT2D eigenvalue weighted by molar-refractivity contribution is -0.143. The van der Waals surface area contributed by atoms with E-state index in [2.05, 4.69) is 10.4 Å². The molecular formula is C29H26ClN3O4. The summed E-state index contributed by atoms with van der Waals surface area (Å²) in [5.41, 5.74) is 4.19. The predicted molar refractivity (Wildman–Crippen MR) is 142 cm³/mol. The zero-order chi connectivity index (χ0) is 26.0. The van der Waals surface area contributed by atoms with Crippen LogP contribution < -0.4 is 5.32 Å². The Kier molecular flexibility index (Phi) is 6.72. The van der Waals surface area contributed by atoms with Gasteiger partial charge < -0.3 is 9.47 Å². The molecule has 37 heavy (non-hydrogen) atoms. The Morgan fingerprint density at radius 3 is 2.24 bits per heavy atom. The highest BCUT2D eigenvalue weighted by atomic mass is 35.5. The molecule has 1 aromatic heterocycles. The first-order chi connectivity index (χ1) is 17.9. The zero-order valence-corrected chi connectivity index (χ0v) is 21.2. The van der Waals surface area contributed by atoms with Crippen molar-refractivity contribution < 1.29 is 19.1 Å². The highest BCUT2D eigenvalue weighted by Crippen LogP contribution is 2.49.